The average molecular weight is 330 g/mol. The van der Waals surface area contributed by atoms with Crippen molar-refractivity contribution in [3.63, 3.8) is 0 Å². The highest BCUT2D eigenvalue weighted by atomic mass is 16.5. The first kappa shape index (κ1) is 17.4. The third-order valence-corrected chi connectivity index (χ3v) is 3.53. The minimum atomic E-state index is -0.327. The maximum absolute atomic E-state index is 12.2. The highest BCUT2D eigenvalue weighted by Gasteiger charge is 2.15. The number of ether oxygens (including phenoxy) is 2. The smallest absolute Gasteiger partial charge is 0.319 e. The number of aromatic nitrogens is 1. The van der Waals surface area contributed by atoms with E-state index >= 15 is 0 Å². The van der Waals surface area contributed by atoms with Gasteiger partial charge in [-0.3, -0.25) is 0 Å². The summed E-state index contributed by atoms with van der Waals surface area (Å²) in [6.07, 6.45) is 1.59. The molecule has 24 heavy (non-hydrogen) atoms. The molecule has 0 aliphatic rings. The van der Waals surface area contributed by atoms with Gasteiger partial charge in [0.15, 0.2) is 0 Å². The van der Waals surface area contributed by atoms with Crippen molar-refractivity contribution in [2.24, 2.45) is 0 Å². The minimum absolute atomic E-state index is 0.264. The molecule has 3 N–H and O–H groups in total. The number of amides is 2. The minimum Gasteiger partial charge on any atom is -0.497 e. The van der Waals surface area contributed by atoms with Gasteiger partial charge < -0.3 is 25.4 Å². The zero-order chi connectivity index (χ0) is 17.5. The van der Waals surface area contributed by atoms with Crippen molar-refractivity contribution in [1.82, 2.24) is 10.3 Å². The molecule has 2 aromatic rings. The molecule has 1 heterocycles. The van der Waals surface area contributed by atoms with E-state index in [9.17, 15) is 4.79 Å². The highest BCUT2D eigenvalue weighted by molar-refractivity contribution is 5.89. The molecule has 0 fully saturated rings. The first-order valence-corrected chi connectivity index (χ1v) is 7.50. The van der Waals surface area contributed by atoms with Crippen LogP contribution in [0.2, 0.25) is 0 Å². The van der Waals surface area contributed by atoms with Gasteiger partial charge in [0.1, 0.15) is 17.3 Å². The second-order valence-electron chi connectivity index (χ2n) is 5.11. The van der Waals surface area contributed by atoms with Gasteiger partial charge in [-0.15, -0.1) is 0 Å². The Labute approximate surface area is 141 Å². The number of carbonyl (C=O) groups excluding carboxylic acids is 1. The van der Waals surface area contributed by atoms with E-state index in [4.69, 9.17) is 9.47 Å². The second-order valence-corrected chi connectivity index (χ2v) is 5.11. The predicted octanol–water partition coefficient (Wildman–Crippen LogP) is 3.02. The molecule has 1 unspecified atom stereocenters. The lowest BCUT2D eigenvalue weighted by Crippen LogP contribution is -2.31. The number of hydrogen-bond donors (Lipinski definition) is 3. The SMILES string of the molecule is CNc1ccc(NC(=O)NC(C)c2cc(OC)ccc2OC)cn1. The molecule has 0 spiro atoms. The Morgan fingerprint density at radius 3 is 2.54 bits per heavy atom. The molecule has 7 heteroatoms. The van der Waals surface area contributed by atoms with Crippen LogP contribution in [0.4, 0.5) is 16.3 Å². The molecule has 2 amide bonds. The highest BCUT2D eigenvalue weighted by Crippen LogP contribution is 2.29. The van der Waals surface area contributed by atoms with Crippen molar-refractivity contribution < 1.29 is 14.3 Å². The second kappa shape index (κ2) is 8.05. The molecule has 1 aromatic heterocycles. The zero-order valence-corrected chi connectivity index (χ0v) is 14.2. The fourth-order valence-corrected chi connectivity index (χ4v) is 2.24. The Morgan fingerprint density at radius 2 is 1.96 bits per heavy atom. The fourth-order valence-electron chi connectivity index (χ4n) is 2.24. The summed E-state index contributed by atoms with van der Waals surface area (Å²) in [7, 11) is 4.97. The molecular formula is C17H22N4O3. The lowest BCUT2D eigenvalue weighted by Gasteiger charge is -2.18. The molecule has 0 saturated heterocycles. The third-order valence-electron chi connectivity index (χ3n) is 3.53. The summed E-state index contributed by atoms with van der Waals surface area (Å²) in [4.78, 5) is 16.3. The van der Waals surface area contributed by atoms with Crippen LogP contribution in [-0.2, 0) is 0 Å². The number of anilines is 2. The van der Waals surface area contributed by atoms with Crippen molar-refractivity contribution >= 4 is 17.5 Å². The van der Waals surface area contributed by atoms with Crippen molar-refractivity contribution in [2.45, 2.75) is 13.0 Å². The first-order chi connectivity index (χ1) is 11.6. The number of pyridine rings is 1. The molecule has 1 atom stereocenters. The van der Waals surface area contributed by atoms with Crippen LogP contribution in [0.1, 0.15) is 18.5 Å². The lowest BCUT2D eigenvalue weighted by molar-refractivity contribution is 0.249. The number of rotatable bonds is 6. The van der Waals surface area contributed by atoms with Crippen LogP contribution in [0.15, 0.2) is 36.5 Å². The summed E-state index contributed by atoms with van der Waals surface area (Å²) in [6.45, 7) is 1.87. The van der Waals surface area contributed by atoms with Gasteiger partial charge in [0.2, 0.25) is 0 Å². The summed E-state index contributed by atoms with van der Waals surface area (Å²) < 4.78 is 10.6. The Kier molecular flexibility index (Phi) is 5.83. The molecule has 0 saturated carbocycles. The molecule has 0 bridgehead atoms. The van der Waals surface area contributed by atoms with Crippen LogP contribution in [0.3, 0.4) is 0 Å². The topological polar surface area (TPSA) is 84.5 Å². The summed E-state index contributed by atoms with van der Waals surface area (Å²) in [6, 6.07) is 8.42. The van der Waals surface area contributed by atoms with Gasteiger partial charge in [0.25, 0.3) is 0 Å². The van der Waals surface area contributed by atoms with Crippen molar-refractivity contribution in [1.29, 1.82) is 0 Å². The molecule has 0 radical (unpaired) electrons. The average Bonchev–Trinajstić information content (AvgIpc) is 2.61. The van der Waals surface area contributed by atoms with Crippen molar-refractivity contribution in [3.05, 3.63) is 42.1 Å². The van der Waals surface area contributed by atoms with Crippen LogP contribution in [0.5, 0.6) is 11.5 Å². The number of carbonyl (C=O) groups is 1. The Hall–Kier alpha value is -2.96. The van der Waals surface area contributed by atoms with Crippen LogP contribution in [0, 0.1) is 0 Å². The first-order valence-electron chi connectivity index (χ1n) is 7.50. The van der Waals surface area contributed by atoms with E-state index in [0.29, 0.717) is 17.2 Å². The molecule has 0 aliphatic carbocycles. The summed E-state index contributed by atoms with van der Waals surface area (Å²) >= 11 is 0. The monoisotopic (exact) mass is 330 g/mol. The third kappa shape index (κ3) is 4.28. The van der Waals surface area contributed by atoms with E-state index in [1.54, 1.807) is 39.6 Å². The normalized spacial score (nSPS) is 11.3. The number of nitrogens with zero attached hydrogens (tertiary/aromatic N) is 1. The number of methoxy groups -OCH3 is 2. The quantitative estimate of drug-likeness (QED) is 0.758. The fraction of sp³-hybridized carbons (Fsp3) is 0.294. The van der Waals surface area contributed by atoms with Gasteiger partial charge in [-0.25, -0.2) is 9.78 Å². The summed E-state index contributed by atoms with van der Waals surface area (Å²) in [5.74, 6) is 2.12. The van der Waals surface area contributed by atoms with Gasteiger partial charge in [0.05, 0.1) is 32.1 Å². The maximum atomic E-state index is 12.2. The Bertz CT molecular complexity index is 689. The number of nitrogens with one attached hydrogen (secondary N) is 3. The van der Waals surface area contributed by atoms with E-state index in [0.717, 1.165) is 11.4 Å². The number of hydrogen-bond acceptors (Lipinski definition) is 5. The van der Waals surface area contributed by atoms with E-state index < -0.39 is 0 Å². The summed E-state index contributed by atoms with van der Waals surface area (Å²) in [5, 5.41) is 8.54. The molecular weight excluding hydrogens is 308 g/mol. The van der Waals surface area contributed by atoms with Gasteiger partial charge in [0, 0.05) is 12.6 Å². The van der Waals surface area contributed by atoms with Crippen LogP contribution < -0.4 is 25.4 Å². The van der Waals surface area contributed by atoms with E-state index in [2.05, 4.69) is 20.9 Å². The Morgan fingerprint density at radius 1 is 1.17 bits per heavy atom. The summed E-state index contributed by atoms with van der Waals surface area (Å²) in [5.41, 5.74) is 1.44. The van der Waals surface area contributed by atoms with Crippen molar-refractivity contribution in [3.8, 4) is 11.5 Å². The predicted molar refractivity (Wildman–Crippen MR) is 93.9 cm³/mol. The largest absolute Gasteiger partial charge is 0.497 e. The van der Waals surface area contributed by atoms with E-state index in [1.165, 1.54) is 0 Å². The molecule has 7 nitrogen and oxygen atoms in total. The van der Waals surface area contributed by atoms with Crippen LogP contribution in [0.25, 0.3) is 0 Å². The van der Waals surface area contributed by atoms with Gasteiger partial charge >= 0.3 is 6.03 Å². The van der Waals surface area contributed by atoms with Gasteiger partial charge in [-0.05, 0) is 37.3 Å². The van der Waals surface area contributed by atoms with E-state index in [1.807, 2.05) is 25.1 Å². The van der Waals surface area contributed by atoms with Crippen LogP contribution >= 0.6 is 0 Å². The molecule has 2 rings (SSSR count). The molecule has 0 aliphatic heterocycles. The number of urea groups is 1. The van der Waals surface area contributed by atoms with Crippen molar-refractivity contribution in [2.75, 3.05) is 31.9 Å². The van der Waals surface area contributed by atoms with Crippen LogP contribution in [-0.4, -0.2) is 32.3 Å². The molecule has 128 valence electrons. The van der Waals surface area contributed by atoms with E-state index in [-0.39, 0.29) is 12.1 Å². The Balaban J connectivity index is 2.05. The molecule has 1 aromatic carbocycles. The number of benzene rings is 1. The van der Waals surface area contributed by atoms with Gasteiger partial charge in [-0.2, -0.15) is 0 Å². The zero-order valence-electron chi connectivity index (χ0n) is 14.2. The maximum Gasteiger partial charge on any atom is 0.319 e. The lowest BCUT2D eigenvalue weighted by atomic mass is 10.1. The van der Waals surface area contributed by atoms with Gasteiger partial charge in [-0.1, -0.05) is 0 Å². The standard InChI is InChI=1S/C17H22N4O3/c1-11(14-9-13(23-3)6-7-15(14)24-4)20-17(22)21-12-5-8-16(18-2)19-10-12/h5-11H,1-4H3,(H,18,19)(H2,20,21,22).